The van der Waals surface area contributed by atoms with E-state index in [-0.39, 0.29) is 11.8 Å². The number of carbonyl (C=O) groups excluding carboxylic acids is 2. The zero-order valence-electron chi connectivity index (χ0n) is 19.0. The lowest BCUT2D eigenvalue weighted by molar-refractivity contribution is 0.0642. The molecule has 3 aromatic rings. The van der Waals surface area contributed by atoms with Crippen LogP contribution in [0.2, 0.25) is 0 Å². The van der Waals surface area contributed by atoms with Gasteiger partial charge in [-0.05, 0) is 40.6 Å². The Morgan fingerprint density at radius 1 is 0.941 bits per heavy atom. The molecule has 0 aliphatic carbocycles. The fourth-order valence-corrected chi connectivity index (χ4v) is 5.26. The average molecular weight is 474 g/mol. The largest absolute Gasteiger partial charge is 0.489 e. The van der Waals surface area contributed by atoms with Crippen LogP contribution in [0.25, 0.3) is 0 Å². The second-order valence-electron chi connectivity index (χ2n) is 8.50. The first-order chi connectivity index (χ1) is 16.7. The molecule has 174 valence electrons. The van der Waals surface area contributed by atoms with Crippen molar-refractivity contribution in [3.8, 4) is 5.75 Å². The van der Waals surface area contributed by atoms with Crippen molar-refractivity contribution < 1.29 is 14.3 Å². The highest BCUT2D eigenvalue weighted by Crippen LogP contribution is 2.33. The van der Waals surface area contributed by atoms with Crippen molar-refractivity contribution >= 4 is 28.8 Å². The molecule has 6 nitrogen and oxygen atoms in total. The number of hydrogen-bond donors (Lipinski definition) is 0. The first-order valence-electron chi connectivity index (χ1n) is 11.4. The molecule has 34 heavy (non-hydrogen) atoms. The van der Waals surface area contributed by atoms with E-state index in [0.29, 0.717) is 24.3 Å². The van der Waals surface area contributed by atoms with Crippen LogP contribution in [0.3, 0.4) is 0 Å². The van der Waals surface area contributed by atoms with Crippen LogP contribution < -0.4 is 9.64 Å². The number of ether oxygens (including phenoxy) is 1. The van der Waals surface area contributed by atoms with E-state index < -0.39 is 0 Å². The van der Waals surface area contributed by atoms with Crippen molar-refractivity contribution in [3.05, 3.63) is 94.2 Å². The van der Waals surface area contributed by atoms with Gasteiger partial charge in [-0.25, -0.2) is 0 Å². The van der Waals surface area contributed by atoms with Gasteiger partial charge in [0, 0.05) is 38.3 Å². The van der Waals surface area contributed by atoms with Gasteiger partial charge in [-0.2, -0.15) is 11.3 Å². The number of carbonyl (C=O) groups is 2. The van der Waals surface area contributed by atoms with Gasteiger partial charge in [-0.1, -0.05) is 36.9 Å². The fourth-order valence-electron chi connectivity index (χ4n) is 4.60. The van der Waals surface area contributed by atoms with E-state index in [4.69, 9.17) is 4.74 Å². The van der Waals surface area contributed by atoms with Crippen LogP contribution in [0.1, 0.15) is 31.8 Å². The molecule has 0 atom stereocenters. The van der Waals surface area contributed by atoms with E-state index in [1.54, 1.807) is 23.5 Å². The summed E-state index contributed by atoms with van der Waals surface area (Å²) in [6, 6.07) is 15.7. The minimum atomic E-state index is -0.206. The number of fused-ring (bicyclic) bond motifs is 1. The maximum Gasteiger partial charge on any atom is 0.263 e. The van der Waals surface area contributed by atoms with Crippen LogP contribution in [0.15, 0.2) is 71.9 Å². The van der Waals surface area contributed by atoms with Crippen molar-refractivity contribution in [2.45, 2.75) is 13.1 Å². The van der Waals surface area contributed by atoms with Gasteiger partial charge >= 0.3 is 0 Å². The van der Waals surface area contributed by atoms with Gasteiger partial charge in [0.05, 0.1) is 23.4 Å². The minimum Gasteiger partial charge on any atom is -0.489 e. The topological polar surface area (TPSA) is 53.1 Å². The predicted octanol–water partition coefficient (Wildman–Crippen LogP) is 4.43. The molecule has 5 rings (SSSR count). The number of amides is 2. The van der Waals surface area contributed by atoms with Gasteiger partial charge in [0.25, 0.3) is 11.8 Å². The zero-order chi connectivity index (χ0) is 23.5. The maximum atomic E-state index is 13.3. The third-order valence-electron chi connectivity index (χ3n) is 6.33. The Labute approximate surface area is 203 Å². The second kappa shape index (κ2) is 9.83. The molecule has 0 saturated carbocycles. The summed E-state index contributed by atoms with van der Waals surface area (Å²) in [5, 5.41) is 3.94. The fraction of sp³-hybridized carbons (Fsp3) is 0.259. The number of nitrogens with zero attached hydrogens (tertiary/aromatic N) is 3. The Kier molecular flexibility index (Phi) is 6.47. The molecule has 0 spiro atoms. The summed E-state index contributed by atoms with van der Waals surface area (Å²) in [6.07, 6.45) is 1.75. The van der Waals surface area contributed by atoms with E-state index in [2.05, 4.69) is 22.4 Å². The highest BCUT2D eigenvalue weighted by molar-refractivity contribution is 7.07. The Morgan fingerprint density at radius 3 is 2.53 bits per heavy atom. The molecule has 2 amide bonds. The minimum absolute atomic E-state index is 0.197. The Bertz CT molecular complexity index is 1200. The van der Waals surface area contributed by atoms with Gasteiger partial charge in [-0.15, -0.1) is 0 Å². The van der Waals surface area contributed by atoms with E-state index in [0.717, 1.165) is 55.3 Å². The molecule has 0 radical (unpaired) electrons. The quantitative estimate of drug-likeness (QED) is 0.358. The first-order valence-corrected chi connectivity index (χ1v) is 12.4. The van der Waals surface area contributed by atoms with Crippen LogP contribution >= 0.6 is 11.3 Å². The smallest absolute Gasteiger partial charge is 0.263 e. The molecule has 2 aliphatic rings. The highest BCUT2D eigenvalue weighted by Gasteiger charge is 2.38. The molecule has 0 N–H and O–H groups in total. The summed E-state index contributed by atoms with van der Waals surface area (Å²) < 4.78 is 5.81. The molecule has 1 fully saturated rings. The second-order valence-corrected chi connectivity index (χ2v) is 9.28. The van der Waals surface area contributed by atoms with Gasteiger partial charge < -0.3 is 9.64 Å². The lowest BCUT2D eigenvalue weighted by atomic mass is 10.1. The van der Waals surface area contributed by atoms with Gasteiger partial charge in [0.15, 0.2) is 0 Å². The van der Waals surface area contributed by atoms with Gasteiger partial charge in [-0.3, -0.25) is 19.4 Å². The van der Waals surface area contributed by atoms with E-state index >= 15 is 0 Å². The molecular formula is C27H27N3O3S. The summed E-state index contributed by atoms with van der Waals surface area (Å²) in [7, 11) is 0. The summed E-state index contributed by atoms with van der Waals surface area (Å²) in [5.74, 6) is 0.487. The highest BCUT2D eigenvalue weighted by atomic mass is 32.1. The number of para-hydroxylation sites is 1. The molecule has 3 heterocycles. The molecule has 0 bridgehead atoms. The van der Waals surface area contributed by atoms with E-state index in [1.165, 1.54) is 4.90 Å². The average Bonchev–Trinajstić information content (AvgIpc) is 3.47. The molecule has 0 unspecified atom stereocenters. The SMILES string of the molecule is C=CCOc1ccccc1CN1CCN(c2cccc3c2C(=O)N(Cc2ccsc2)C3=O)CC1. The number of benzene rings is 2. The molecule has 7 heteroatoms. The molecule has 2 aliphatic heterocycles. The number of rotatable bonds is 8. The van der Waals surface area contributed by atoms with Crippen LogP contribution in [0.5, 0.6) is 5.75 Å². The Hall–Kier alpha value is -3.42. The van der Waals surface area contributed by atoms with Crippen LogP contribution in [0.4, 0.5) is 5.69 Å². The summed E-state index contributed by atoms with van der Waals surface area (Å²) in [6.45, 7) is 8.64. The van der Waals surface area contributed by atoms with E-state index in [9.17, 15) is 9.59 Å². The Balaban J connectivity index is 1.28. The lowest BCUT2D eigenvalue weighted by Gasteiger charge is -2.37. The summed E-state index contributed by atoms with van der Waals surface area (Å²) in [5.41, 5.74) is 4.04. The summed E-state index contributed by atoms with van der Waals surface area (Å²) in [4.78, 5) is 32.3. The molecule has 1 aromatic heterocycles. The standard InChI is InChI=1S/C27H27N3O3S/c1-2-15-33-24-9-4-3-6-21(24)18-28-11-13-29(14-12-28)23-8-5-7-22-25(23)27(32)30(26(22)31)17-20-10-16-34-19-20/h2-10,16,19H,1,11-15,17-18H2. The number of piperazine rings is 1. The van der Waals surface area contributed by atoms with Crippen molar-refractivity contribution in [2.75, 3.05) is 37.7 Å². The van der Waals surface area contributed by atoms with Crippen molar-refractivity contribution in [1.82, 2.24) is 9.80 Å². The first kappa shape index (κ1) is 22.4. The van der Waals surface area contributed by atoms with Gasteiger partial charge in [0.1, 0.15) is 12.4 Å². The molecule has 2 aromatic carbocycles. The van der Waals surface area contributed by atoms with Crippen molar-refractivity contribution in [1.29, 1.82) is 0 Å². The number of anilines is 1. The third kappa shape index (κ3) is 4.36. The van der Waals surface area contributed by atoms with E-state index in [1.807, 2.05) is 47.2 Å². The number of thiophene rings is 1. The normalized spacial score (nSPS) is 16.1. The maximum absolute atomic E-state index is 13.3. The zero-order valence-corrected chi connectivity index (χ0v) is 19.8. The van der Waals surface area contributed by atoms with Crippen molar-refractivity contribution in [2.24, 2.45) is 0 Å². The monoisotopic (exact) mass is 473 g/mol. The molecular weight excluding hydrogens is 446 g/mol. The third-order valence-corrected chi connectivity index (χ3v) is 7.07. The summed E-state index contributed by atoms with van der Waals surface area (Å²) >= 11 is 1.57. The number of imide groups is 1. The van der Waals surface area contributed by atoms with Crippen LogP contribution in [-0.2, 0) is 13.1 Å². The van der Waals surface area contributed by atoms with Crippen LogP contribution in [0, 0.1) is 0 Å². The number of hydrogen-bond acceptors (Lipinski definition) is 6. The Morgan fingerprint density at radius 2 is 1.76 bits per heavy atom. The van der Waals surface area contributed by atoms with Crippen molar-refractivity contribution in [3.63, 3.8) is 0 Å². The molecule has 1 saturated heterocycles. The predicted molar refractivity (Wildman–Crippen MR) is 135 cm³/mol. The van der Waals surface area contributed by atoms with Gasteiger partial charge in [0.2, 0.25) is 0 Å². The lowest BCUT2D eigenvalue weighted by Crippen LogP contribution is -2.46. The van der Waals surface area contributed by atoms with Crippen LogP contribution in [-0.4, -0.2) is 54.4 Å².